The van der Waals surface area contributed by atoms with Gasteiger partial charge in [0.15, 0.2) is 0 Å². The molecule has 0 saturated carbocycles. The Morgan fingerprint density at radius 3 is 1.85 bits per heavy atom. The molecule has 0 unspecified atom stereocenters. The fraction of sp³-hybridized carbons (Fsp3) is 0.900. The Kier molecular flexibility index (Phi) is 7.06. The molecule has 0 aliphatic rings. The monoisotopic (exact) mass is 268 g/mol. The Morgan fingerprint density at radius 1 is 1.23 bits per heavy atom. The molecule has 0 N–H and O–H groups in total. The summed E-state index contributed by atoms with van der Waals surface area (Å²) >= 11 is 9.04. The molecular weight excluding hydrogens is 251 g/mol. The molecule has 0 rings (SSSR count). The first-order valence-electron chi connectivity index (χ1n) is 4.95. The maximum atomic E-state index is 11.2. The minimum atomic E-state index is -0.458. The van der Waals surface area contributed by atoms with Gasteiger partial charge in [0.1, 0.15) is 0 Å². The molecule has 0 aromatic rings. The summed E-state index contributed by atoms with van der Waals surface area (Å²) in [4.78, 5) is 11.2. The average Bonchev–Trinajstić information content (AvgIpc) is 2.11. The number of hydrogen-bond acceptors (Lipinski definition) is 1. The summed E-state index contributed by atoms with van der Waals surface area (Å²) in [5.74, 6) is 0. The Bertz CT molecular complexity index is 151. The van der Waals surface area contributed by atoms with Gasteiger partial charge in [0.25, 0.3) is 0 Å². The van der Waals surface area contributed by atoms with Gasteiger partial charge in [-0.15, -0.1) is 0 Å². The van der Waals surface area contributed by atoms with Crippen molar-refractivity contribution in [2.75, 3.05) is 0 Å². The maximum absolute atomic E-state index is 11.2. The van der Waals surface area contributed by atoms with E-state index >= 15 is 0 Å². The first kappa shape index (κ1) is 13.4. The highest BCUT2D eigenvalue weighted by molar-refractivity contribution is 9.10. The van der Waals surface area contributed by atoms with Crippen LogP contribution in [0.2, 0.25) is 0 Å². The van der Waals surface area contributed by atoms with E-state index in [0.717, 1.165) is 38.5 Å². The van der Waals surface area contributed by atoms with E-state index in [0.29, 0.717) is 0 Å². The lowest BCUT2D eigenvalue weighted by Crippen LogP contribution is -2.28. The lowest BCUT2D eigenvalue weighted by molar-refractivity contribution is -0.114. The normalized spacial score (nSPS) is 11.7. The van der Waals surface area contributed by atoms with Crippen LogP contribution in [0.3, 0.4) is 0 Å². The van der Waals surface area contributed by atoms with Crippen LogP contribution in [-0.4, -0.2) is 9.57 Å². The largest absolute Gasteiger partial charge is 0.280 e. The van der Waals surface area contributed by atoms with Crippen molar-refractivity contribution in [3.05, 3.63) is 0 Å². The van der Waals surface area contributed by atoms with E-state index in [-0.39, 0.29) is 5.24 Å². The molecule has 0 radical (unpaired) electrons. The van der Waals surface area contributed by atoms with Crippen LogP contribution in [0.25, 0.3) is 0 Å². The third kappa shape index (κ3) is 5.02. The minimum Gasteiger partial charge on any atom is -0.280 e. The fourth-order valence-electron chi connectivity index (χ4n) is 1.24. The van der Waals surface area contributed by atoms with Crippen LogP contribution in [0.1, 0.15) is 52.4 Å². The fourth-order valence-corrected chi connectivity index (χ4v) is 1.99. The van der Waals surface area contributed by atoms with Crippen molar-refractivity contribution in [1.29, 1.82) is 0 Å². The summed E-state index contributed by atoms with van der Waals surface area (Å²) in [6.45, 7) is 4.23. The van der Waals surface area contributed by atoms with Crippen molar-refractivity contribution in [3.63, 3.8) is 0 Å². The Labute approximate surface area is 94.4 Å². The summed E-state index contributed by atoms with van der Waals surface area (Å²) in [5.41, 5.74) is 0. The molecule has 0 saturated heterocycles. The molecule has 0 amide bonds. The van der Waals surface area contributed by atoms with E-state index in [9.17, 15) is 4.79 Å². The van der Waals surface area contributed by atoms with Crippen LogP contribution in [0.15, 0.2) is 0 Å². The molecular formula is C10H18BrClO. The number of carbonyl (C=O) groups excluding carboxylic acids is 1. The van der Waals surface area contributed by atoms with Gasteiger partial charge in [-0.25, -0.2) is 0 Å². The second kappa shape index (κ2) is 6.83. The van der Waals surface area contributed by atoms with Crippen molar-refractivity contribution >= 4 is 32.8 Å². The number of hydrogen-bond donors (Lipinski definition) is 0. The van der Waals surface area contributed by atoms with Crippen molar-refractivity contribution in [2.45, 2.75) is 56.7 Å². The van der Waals surface area contributed by atoms with Gasteiger partial charge in [0, 0.05) is 0 Å². The Morgan fingerprint density at radius 2 is 1.62 bits per heavy atom. The molecule has 0 atom stereocenters. The van der Waals surface area contributed by atoms with Crippen LogP contribution >= 0.6 is 27.5 Å². The lowest BCUT2D eigenvalue weighted by atomic mass is 9.97. The number of carbonyl (C=O) groups is 1. The number of halogens is 2. The van der Waals surface area contributed by atoms with Gasteiger partial charge in [-0.3, -0.25) is 4.79 Å². The smallest absolute Gasteiger partial charge is 0.238 e. The van der Waals surface area contributed by atoms with Gasteiger partial charge >= 0.3 is 0 Å². The summed E-state index contributed by atoms with van der Waals surface area (Å²) in [7, 11) is 0. The molecule has 0 fully saturated rings. The highest BCUT2D eigenvalue weighted by atomic mass is 79.9. The predicted molar refractivity (Wildman–Crippen MR) is 61.6 cm³/mol. The summed E-state index contributed by atoms with van der Waals surface area (Å²) in [5, 5.41) is -0.241. The van der Waals surface area contributed by atoms with Crippen molar-refractivity contribution in [3.8, 4) is 0 Å². The molecule has 0 spiro atoms. The van der Waals surface area contributed by atoms with Crippen molar-refractivity contribution in [2.24, 2.45) is 0 Å². The minimum absolute atomic E-state index is 0.241. The number of unbranched alkanes of at least 4 members (excludes halogenated alkanes) is 2. The summed E-state index contributed by atoms with van der Waals surface area (Å²) < 4.78 is -0.458. The van der Waals surface area contributed by atoms with Gasteiger partial charge in [-0.1, -0.05) is 55.5 Å². The number of rotatable bonds is 7. The van der Waals surface area contributed by atoms with Crippen LogP contribution in [0.5, 0.6) is 0 Å². The molecule has 78 valence electrons. The zero-order chi connectivity index (χ0) is 10.3. The lowest BCUT2D eigenvalue weighted by Gasteiger charge is -2.22. The van der Waals surface area contributed by atoms with Crippen molar-refractivity contribution in [1.82, 2.24) is 0 Å². The summed E-state index contributed by atoms with van der Waals surface area (Å²) in [6.07, 6.45) is 6.01. The van der Waals surface area contributed by atoms with Gasteiger partial charge in [0.05, 0.1) is 4.32 Å². The van der Waals surface area contributed by atoms with Gasteiger partial charge in [0.2, 0.25) is 5.24 Å². The molecule has 0 aromatic heterocycles. The van der Waals surface area contributed by atoms with E-state index in [1.54, 1.807) is 0 Å². The average molecular weight is 270 g/mol. The van der Waals surface area contributed by atoms with E-state index in [2.05, 4.69) is 29.8 Å². The van der Waals surface area contributed by atoms with Gasteiger partial charge in [-0.2, -0.15) is 0 Å². The highest BCUT2D eigenvalue weighted by Crippen LogP contribution is 2.33. The van der Waals surface area contributed by atoms with Crippen LogP contribution < -0.4 is 0 Å². The molecule has 0 aliphatic carbocycles. The maximum Gasteiger partial charge on any atom is 0.238 e. The van der Waals surface area contributed by atoms with Gasteiger partial charge < -0.3 is 0 Å². The molecule has 13 heavy (non-hydrogen) atoms. The molecule has 0 aromatic carbocycles. The standard InChI is InChI=1S/C10H18BrClO/c1-3-5-7-10(11,9(12)13)8-6-4-2/h3-8H2,1-2H3. The molecule has 0 bridgehead atoms. The van der Waals surface area contributed by atoms with E-state index in [1.807, 2.05) is 0 Å². The predicted octanol–water partition coefficient (Wildman–Crippen LogP) is 4.27. The molecule has 3 heteroatoms. The zero-order valence-corrected chi connectivity index (χ0v) is 10.7. The first-order chi connectivity index (χ1) is 6.06. The quantitative estimate of drug-likeness (QED) is 0.498. The molecule has 0 aliphatic heterocycles. The van der Waals surface area contributed by atoms with E-state index < -0.39 is 4.32 Å². The second-order valence-corrected chi connectivity index (χ2v) is 5.31. The highest BCUT2D eigenvalue weighted by Gasteiger charge is 2.32. The zero-order valence-electron chi connectivity index (χ0n) is 8.41. The first-order valence-corrected chi connectivity index (χ1v) is 6.12. The van der Waals surface area contributed by atoms with Gasteiger partial charge in [-0.05, 0) is 24.4 Å². The van der Waals surface area contributed by atoms with E-state index in [4.69, 9.17) is 11.6 Å². The van der Waals surface area contributed by atoms with E-state index in [1.165, 1.54) is 0 Å². The third-order valence-electron chi connectivity index (χ3n) is 2.21. The second-order valence-electron chi connectivity index (χ2n) is 3.45. The SMILES string of the molecule is CCCCC(Br)(CCCC)C(=O)Cl. The third-order valence-corrected chi connectivity index (χ3v) is 3.95. The van der Waals surface area contributed by atoms with Crippen LogP contribution in [-0.2, 0) is 4.79 Å². The van der Waals surface area contributed by atoms with Crippen molar-refractivity contribution < 1.29 is 4.79 Å². The topological polar surface area (TPSA) is 17.1 Å². The summed E-state index contributed by atoms with van der Waals surface area (Å²) in [6, 6.07) is 0. The van der Waals surface area contributed by atoms with Crippen LogP contribution in [0, 0.1) is 0 Å². The van der Waals surface area contributed by atoms with Crippen LogP contribution in [0.4, 0.5) is 0 Å². The Hall–Kier alpha value is 0.440. The molecule has 1 nitrogen and oxygen atoms in total. The Balaban J connectivity index is 4.08. The number of alkyl halides is 1. The molecule has 0 heterocycles.